The van der Waals surface area contributed by atoms with Crippen molar-refractivity contribution in [2.75, 3.05) is 38.5 Å². The zero-order chi connectivity index (χ0) is 25.5. The zero-order valence-electron chi connectivity index (χ0n) is 20.2. The molecule has 5 heterocycles. The minimum Gasteiger partial charge on any atom is -0.366 e. The molecule has 4 aromatic heterocycles. The summed E-state index contributed by atoms with van der Waals surface area (Å²) in [5.74, 6) is -0.485. The van der Waals surface area contributed by atoms with Crippen LogP contribution in [0, 0.1) is 0 Å². The maximum Gasteiger partial charge on any atom is 0.321 e. The van der Waals surface area contributed by atoms with Crippen molar-refractivity contribution < 1.29 is 9.59 Å². The number of rotatable bonds is 4. The fraction of sp³-hybridized carbons (Fsp3) is 0.192. The van der Waals surface area contributed by atoms with Crippen molar-refractivity contribution in [2.45, 2.75) is 0 Å². The Bertz CT molecular complexity index is 1650. The van der Waals surface area contributed by atoms with E-state index in [1.54, 1.807) is 30.7 Å². The second kappa shape index (κ2) is 9.03. The molecule has 0 saturated carbocycles. The van der Waals surface area contributed by atoms with E-state index in [1.807, 2.05) is 29.2 Å². The maximum atomic E-state index is 12.7. The van der Waals surface area contributed by atoms with Crippen molar-refractivity contribution in [1.82, 2.24) is 34.9 Å². The minimum atomic E-state index is -0.485. The first-order chi connectivity index (χ1) is 18.0. The molecule has 5 aromatic rings. The third-order valence-corrected chi connectivity index (χ3v) is 6.72. The normalized spacial score (nSPS) is 14.4. The van der Waals surface area contributed by atoms with Crippen LogP contribution < -0.4 is 11.1 Å². The molecule has 0 unspecified atom stereocenters. The van der Waals surface area contributed by atoms with E-state index >= 15 is 0 Å². The number of carbonyl (C=O) groups is 2. The van der Waals surface area contributed by atoms with Crippen LogP contribution in [-0.2, 0) is 0 Å². The van der Waals surface area contributed by atoms with Crippen molar-refractivity contribution >= 4 is 39.6 Å². The van der Waals surface area contributed by atoms with Crippen LogP contribution in [0.4, 0.5) is 10.5 Å². The number of nitrogens with two attached hydrogens (primary N) is 1. The highest BCUT2D eigenvalue weighted by Crippen LogP contribution is 2.32. The Morgan fingerprint density at radius 1 is 1.00 bits per heavy atom. The van der Waals surface area contributed by atoms with Crippen molar-refractivity contribution in [3.8, 4) is 22.5 Å². The first-order valence-corrected chi connectivity index (χ1v) is 11.9. The smallest absolute Gasteiger partial charge is 0.321 e. The number of aromatic amines is 2. The summed E-state index contributed by atoms with van der Waals surface area (Å²) in [5.41, 5.74) is 11.1. The van der Waals surface area contributed by atoms with E-state index in [0.29, 0.717) is 30.0 Å². The van der Waals surface area contributed by atoms with Crippen LogP contribution in [0.5, 0.6) is 0 Å². The average molecular weight is 496 g/mol. The molecule has 11 heteroatoms. The molecule has 5 N–H and O–H groups in total. The second-order valence-corrected chi connectivity index (χ2v) is 9.19. The molecule has 3 amide bonds. The SMILES string of the molecule is CN1CCN(C(=O)Nc2cncc(-c3cnc4n[nH]c(-c5cc6c(C(N)=O)cccc6[nH]5)c4c3)c2)CC1. The number of H-pyrrole nitrogens is 2. The number of primary amides is 1. The predicted molar refractivity (Wildman–Crippen MR) is 141 cm³/mol. The number of aromatic nitrogens is 5. The molecule has 1 fully saturated rings. The number of urea groups is 1. The van der Waals surface area contributed by atoms with Gasteiger partial charge >= 0.3 is 6.03 Å². The highest BCUT2D eigenvalue weighted by atomic mass is 16.2. The Kier molecular flexibility index (Phi) is 5.53. The van der Waals surface area contributed by atoms with Gasteiger partial charge < -0.3 is 25.8 Å². The number of benzene rings is 1. The predicted octanol–water partition coefficient (Wildman–Crippen LogP) is 3.05. The van der Waals surface area contributed by atoms with E-state index in [1.165, 1.54) is 0 Å². The third-order valence-electron chi connectivity index (χ3n) is 6.72. The number of anilines is 1. The molecule has 37 heavy (non-hydrogen) atoms. The minimum absolute atomic E-state index is 0.133. The molecule has 11 nitrogen and oxygen atoms in total. The second-order valence-electron chi connectivity index (χ2n) is 9.19. The molecule has 0 radical (unpaired) electrons. The number of hydrogen-bond acceptors (Lipinski definition) is 6. The maximum absolute atomic E-state index is 12.7. The van der Waals surface area contributed by atoms with Crippen molar-refractivity contribution in [3.05, 3.63) is 60.6 Å². The summed E-state index contributed by atoms with van der Waals surface area (Å²) >= 11 is 0. The zero-order valence-corrected chi connectivity index (χ0v) is 20.2. The van der Waals surface area contributed by atoms with E-state index in [2.05, 4.69) is 42.4 Å². The summed E-state index contributed by atoms with van der Waals surface area (Å²) in [6.45, 7) is 3.08. The fourth-order valence-corrected chi connectivity index (χ4v) is 4.65. The van der Waals surface area contributed by atoms with Gasteiger partial charge in [0, 0.05) is 71.6 Å². The molecular weight excluding hydrogens is 470 g/mol. The van der Waals surface area contributed by atoms with Crippen LogP contribution in [0.1, 0.15) is 10.4 Å². The Morgan fingerprint density at radius 2 is 1.81 bits per heavy atom. The number of piperazine rings is 1. The van der Waals surface area contributed by atoms with Crippen LogP contribution in [0.2, 0.25) is 0 Å². The van der Waals surface area contributed by atoms with Gasteiger partial charge in [-0.15, -0.1) is 0 Å². The lowest BCUT2D eigenvalue weighted by atomic mass is 10.1. The molecule has 0 bridgehead atoms. The Labute approximate surface area is 211 Å². The van der Waals surface area contributed by atoms with Crippen molar-refractivity contribution in [3.63, 3.8) is 0 Å². The summed E-state index contributed by atoms with van der Waals surface area (Å²) in [4.78, 5) is 40.8. The highest BCUT2D eigenvalue weighted by molar-refractivity contribution is 6.07. The monoisotopic (exact) mass is 495 g/mol. The van der Waals surface area contributed by atoms with Gasteiger partial charge in [0.05, 0.1) is 23.3 Å². The molecule has 0 atom stereocenters. The van der Waals surface area contributed by atoms with Gasteiger partial charge in [0.2, 0.25) is 5.91 Å². The lowest BCUT2D eigenvalue weighted by Crippen LogP contribution is -2.48. The van der Waals surface area contributed by atoms with E-state index in [-0.39, 0.29) is 6.03 Å². The molecule has 186 valence electrons. The molecular formula is C26H25N9O2. The molecule has 0 spiro atoms. The Balaban J connectivity index is 1.31. The molecule has 0 aliphatic carbocycles. The van der Waals surface area contributed by atoms with Crippen LogP contribution in [-0.4, -0.2) is 80.1 Å². The van der Waals surface area contributed by atoms with Gasteiger partial charge in [0.1, 0.15) is 0 Å². The van der Waals surface area contributed by atoms with Gasteiger partial charge in [-0.05, 0) is 37.4 Å². The molecule has 1 saturated heterocycles. The van der Waals surface area contributed by atoms with Gasteiger partial charge in [0.15, 0.2) is 5.65 Å². The number of nitrogens with one attached hydrogen (secondary N) is 3. The summed E-state index contributed by atoms with van der Waals surface area (Å²) in [6.07, 6.45) is 5.09. The third kappa shape index (κ3) is 4.25. The van der Waals surface area contributed by atoms with Gasteiger partial charge in [-0.3, -0.25) is 14.9 Å². The lowest BCUT2D eigenvalue weighted by Gasteiger charge is -2.32. The van der Waals surface area contributed by atoms with Gasteiger partial charge in [-0.1, -0.05) is 6.07 Å². The van der Waals surface area contributed by atoms with Gasteiger partial charge in [-0.25, -0.2) is 9.78 Å². The lowest BCUT2D eigenvalue weighted by molar-refractivity contribution is 0.100. The average Bonchev–Trinajstić information content (AvgIpc) is 3.52. The fourth-order valence-electron chi connectivity index (χ4n) is 4.65. The summed E-state index contributed by atoms with van der Waals surface area (Å²) in [5, 5.41) is 11.9. The Morgan fingerprint density at radius 3 is 2.62 bits per heavy atom. The van der Waals surface area contributed by atoms with Crippen LogP contribution >= 0.6 is 0 Å². The number of amides is 3. The summed E-state index contributed by atoms with van der Waals surface area (Å²) < 4.78 is 0. The van der Waals surface area contributed by atoms with E-state index in [4.69, 9.17) is 5.73 Å². The van der Waals surface area contributed by atoms with Gasteiger partial charge in [0.25, 0.3) is 0 Å². The van der Waals surface area contributed by atoms with Crippen molar-refractivity contribution in [1.29, 1.82) is 0 Å². The van der Waals surface area contributed by atoms with E-state index in [0.717, 1.165) is 51.9 Å². The molecule has 1 aromatic carbocycles. The molecule has 1 aliphatic heterocycles. The number of pyridine rings is 2. The molecule has 1 aliphatic rings. The summed E-state index contributed by atoms with van der Waals surface area (Å²) in [7, 11) is 2.05. The largest absolute Gasteiger partial charge is 0.366 e. The quantitative estimate of drug-likeness (QED) is 0.301. The number of fused-ring (bicyclic) bond motifs is 2. The van der Waals surface area contributed by atoms with Crippen LogP contribution in [0.3, 0.4) is 0 Å². The Hall–Kier alpha value is -4.77. The summed E-state index contributed by atoms with van der Waals surface area (Å²) in [6, 6.07) is 11.0. The van der Waals surface area contributed by atoms with Gasteiger partial charge in [-0.2, -0.15) is 5.10 Å². The van der Waals surface area contributed by atoms with Crippen LogP contribution in [0.25, 0.3) is 44.5 Å². The van der Waals surface area contributed by atoms with E-state index < -0.39 is 5.91 Å². The standard InChI is InChI=1S/C26H25N9O2/c1-34-5-7-35(8-6-34)26(37)30-17-9-15(12-28-14-17)16-10-20-23(32-33-25(20)29-13-16)22-11-19-18(24(27)36)3-2-4-21(19)31-22/h2-4,9-14,31H,5-8H2,1H3,(H2,27,36)(H,30,37)(H,29,32,33). The molecule has 6 rings (SSSR count). The van der Waals surface area contributed by atoms with E-state index in [9.17, 15) is 9.59 Å². The first-order valence-electron chi connectivity index (χ1n) is 11.9. The first kappa shape index (κ1) is 22.7. The number of nitrogens with zero attached hydrogens (tertiary/aromatic N) is 5. The highest BCUT2D eigenvalue weighted by Gasteiger charge is 2.19. The topological polar surface area (TPSA) is 149 Å². The number of carbonyl (C=O) groups excluding carboxylic acids is 2. The van der Waals surface area contributed by atoms with Crippen molar-refractivity contribution in [2.24, 2.45) is 5.73 Å². The number of hydrogen-bond donors (Lipinski definition) is 4. The number of likely N-dealkylation sites (N-methyl/N-ethyl adjacent to an activating group) is 1. The van der Waals surface area contributed by atoms with Crippen LogP contribution in [0.15, 0.2) is 55.0 Å².